The fraction of sp³-hybridized carbons (Fsp3) is 0.500. The highest BCUT2D eigenvalue weighted by atomic mass is 16.5. The zero-order valence-corrected chi connectivity index (χ0v) is 10.8. The van der Waals surface area contributed by atoms with Crippen LogP contribution in [-0.2, 0) is 9.59 Å². The summed E-state index contributed by atoms with van der Waals surface area (Å²) in [6.07, 6.45) is 3.75. The Morgan fingerprint density at radius 1 is 1.32 bits per heavy atom. The van der Waals surface area contributed by atoms with Gasteiger partial charge in [0.15, 0.2) is 17.7 Å². The van der Waals surface area contributed by atoms with Crippen LogP contribution in [-0.4, -0.2) is 29.8 Å². The number of amides is 1. The number of Topliss-reactive ketones (excluding diaryl/α,β-unsaturated/α-hetero) is 1. The predicted molar refractivity (Wildman–Crippen MR) is 69.0 cm³/mol. The van der Waals surface area contributed by atoms with Gasteiger partial charge in [-0.15, -0.1) is 0 Å². The number of hydrogen-bond acceptors (Lipinski definition) is 4. The molecule has 2 heterocycles. The van der Waals surface area contributed by atoms with Crippen LogP contribution in [0.4, 0.5) is 5.82 Å². The lowest BCUT2D eigenvalue weighted by Crippen LogP contribution is -2.48. The van der Waals surface area contributed by atoms with E-state index in [-0.39, 0.29) is 17.6 Å². The molecule has 1 aromatic rings. The largest absolute Gasteiger partial charge is 0.476 e. The van der Waals surface area contributed by atoms with E-state index in [9.17, 15) is 9.59 Å². The molecule has 19 heavy (non-hydrogen) atoms. The van der Waals surface area contributed by atoms with E-state index in [0.717, 1.165) is 12.8 Å². The third-order valence-electron chi connectivity index (χ3n) is 3.91. The van der Waals surface area contributed by atoms with Gasteiger partial charge in [0, 0.05) is 32.0 Å². The fourth-order valence-corrected chi connectivity index (χ4v) is 2.77. The molecule has 1 fully saturated rings. The summed E-state index contributed by atoms with van der Waals surface area (Å²) in [7, 11) is 1.72. The minimum Gasteiger partial charge on any atom is -0.476 e. The Kier molecular flexibility index (Phi) is 2.97. The van der Waals surface area contributed by atoms with Crippen LogP contribution in [0, 0.1) is 5.92 Å². The van der Waals surface area contributed by atoms with Crippen molar-refractivity contribution in [1.29, 1.82) is 0 Å². The first-order valence-corrected chi connectivity index (χ1v) is 6.58. The Bertz CT molecular complexity index is 519. The number of hydrogen-bond donors (Lipinski definition) is 0. The summed E-state index contributed by atoms with van der Waals surface area (Å²) in [4.78, 5) is 29.4. The molecule has 3 rings (SSSR count). The van der Waals surface area contributed by atoms with Crippen LogP contribution in [0.25, 0.3) is 0 Å². The van der Waals surface area contributed by atoms with Crippen molar-refractivity contribution >= 4 is 17.5 Å². The smallest absolute Gasteiger partial charge is 0.269 e. The first-order chi connectivity index (χ1) is 9.16. The number of anilines is 1. The van der Waals surface area contributed by atoms with Crippen molar-refractivity contribution in [2.24, 2.45) is 5.92 Å². The molecule has 0 bridgehead atoms. The zero-order valence-electron chi connectivity index (χ0n) is 10.8. The molecule has 0 radical (unpaired) electrons. The van der Waals surface area contributed by atoms with Crippen LogP contribution >= 0.6 is 0 Å². The predicted octanol–water partition coefficient (Wildman–Crippen LogP) is 1.56. The van der Waals surface area contributed by atoms with Gasteiger partial charge in [-0.3, -0.25) is 14.5 Å². The van der Waals surface area contributed by atoms with Gasteiger partial charge in [-0.05, 0) is 25.0 Å². The van der Waals surface area contributed by atoms with Crippen LogP contribution in [0.2, 0.25) is 0 Å². The molecule has 100 valence electrons. The molecule has 0 spiro atoms. The van der Waals surface area contributed by atoms with Crippen molar-refractivity contribution in [2.45, 2.75) is 31.8 Å². The summed E-state index contributed by atoms with van der Waals surface area (Å²) in [6, 6.07) is 3.62. The molecule has 2 aliphatic rings. The van der Waals surface area contributed by atoms with E-state index in [1.807, 2.05) is 6.07 Å². The Morgan fingerprint density at radius 3 is 2.79 bits per heavy atom. The lowest BCUT2D eigenvalue weighted by atomic mass is 9.83. The lowest BCUT2D eigenvalue weighted by molar-refractivity contribution is -0.131. The average Bonchev–Trinajstić information content (AvgIpc) is 2.44. The van der Waals surface area contributed by atoms with E-state index in [4.69, 9.17) is 4.74 Å². The van der Waals surface area contributed by atoms with Gasteiger partial charge in [-0.1, -0.05) is 0 Å². The molecule has 1 aromatic heterocycles. The van der Waals surface area contributed by atoms with Gasteiger partial charge in [-0.25, -0.2) is 4.98 Å². The highest BCUT2D eigenvalue weighted by Gasteiger charge is 2.39. The molecular formula is C14H16N2O3. The van der Waals surface area contributed by atoms with E-state index in [1.165, 1.54) is 0 Å². The first-order valence-electron chi connectivity index (χ1n) is 6.58. The Labute approximate surface area is 111 Å². The Balaban J connectivity index is 1.85. The number of likely N-dealkylation sites (N-methyl/N-ethyl adjacent to an activating group) is 1. The van der Waals surface area contributed by atoms with Crippen LogP contribution in [0.5, 0.6) is 5.75 Å². The van der Waals surface area contributed by atoms with Crippen molar-refractivity contribution in [1.82, 2.24) is 4.98 Å². The van der Waals surface area contributed by atoms with Gasteiger partial charge in [0.25, 0.3) is 5.91 Å². The van der Waals surface area contributed by atoms with E-state index >= 15 is 0 Å². The number of ether oxygens (including phenoxy) is 1. The van der Waals surface area contributed by atoms with Crippen molar-refractivity contribution in [3.63, 3.8) is 0 Å². The number of ketones is 1. The molecule has 1 unspecified atom stereocenters. The summed E-state index contributed by atoms with van der Waals surface area (Å²) < 4.78 is 5.82. The lowest BCUT2D eigenvalue weighted by Gasteiger charge is -2.36. The maximum absolute atomic E-state index is 12.3. The maximum Gasteiger partial charge on any atom is 0.269 e. The normalized spacial score (nSPS) is 24.1. The second kappa shape index (κ2) is 4.64. The van der Waals surface area contributed by atoms with Gasteiger partial charge >= 0.3 is 0 Å². The third kappa shape index (κ3) is 2.09. The van der Waals surface area contributed by atoms with Gasteiger partial charge in [-0.2, -0.15) is 0 Å². The number of carbonyl (C=O) groups is 2. The van der Waals surface area contributed by atoms with E-state index in [0.29, 0.717) is 24.4 Å². The van der Waals surface area contributed by atoms with Crippen molar-refractivity contribution in [3.05, 3.63) is 18.3 Å². The van der Waals surface area contributed by atoms with Gasteiger partial charge in [0.2, 0.25) is 0 Å². The number of pyridine rings is 1. The Morgan fingerprint density at radius 2 is 2.05 bits per heavy atom. The number of rotatable bonds is 1. The number of nitrogens with zero attached hydrogens (tertiary/aromatic N) is 2. The second-order valence-corrected chi connectivity index (χ2v) is 5.14. The molecule has 1 saturated carbocycles. The molecule has 1 aliphatic heterocycles. The Hall–Kier alpha value is -1.91. The molecule has 0 aromatic carbocycles. The van der Waals surface area contributed by atoms with Crippen LogP contribution < -0.4 is 9.64 Å². The monoisotopic (exact) mass is 260 g/mol. The summed E-state index contributed by atoms with van der Waals surface area (Å²) in [6.45, 7) is 0. The second-order valence-electron chi connectivity index (χ2n) is 5.14. The molecule has 5 nitrogen and oxygen atoms in total. The summed E-state index contributed by atoms with van der Waals surface area (Å²) >= 11 is 0. The van der Waals surface area contributed by atoms with E-state index in [1.54, 1.807) is 24.2 Å². The van der Waals surface area contributed by atoms with Crippen molar-refractivity contribution < 1.29 is 14.3 Å². The highest BCUT2D eigenvalue weighted by Crippen LogP contribution is 2.36. The SMILES string of the molecule is CN1C(=O)C(C2CCC(=O)CC2)Oc2cccnc21. The average molecular weight is 260 g/mol. The van der Waals surface area contributed by atoms with E-state index in [2.05, 4.69) is 4.98 Å². The molecule has 5 heteroatoms. The topological polar surface area (TPSA) is 59.5 Å². The van der Waals surface area contributed by atoms with Gasteiger partial charge in [0.1, 0.15) is 5.78 Å². The first kappa shape index (κ1) is 12.1. The molecular weight excluding hydrogens is 244 g/mol. The molecule has 1 amide bonds. The third-order valence-corrected chi connectivity index (χ3v) is 3.91. The van der Waals surface area contributed by atoms with Crippen molar-refractivity contribution in [2.75, 3.05) is 11.9 Å². The quantitative estimate of drug-likeness (QED) is 0.769. The zero-order chi connectivity index (χ0) is 13.4. The summed E-state index contributed by atoms with van der Waals surface area (Å²) in [5.41, 5.74) is 0. The molecule has 0 N–H and O–H groups in total. The molecule has 1 atom stereocenters. The molecule has 1 aliphatic carbocycles. The fourth-order valence-electron chi connectivity index (χ4n) is 2.77. The minimum atomic E-state index is -0.477. The summed E-state index contributed by atoms with van der Waals surface area (Å²) in [5, 5.41) is 0. The maximum atomic E-state index is 12.3. The van der Waals surface area contributed by atoms with Crippen LogP contribution in [0.1, 0.15) is 25.7 Å². The van der Waals surface area contributed by atoms with Gasteiger partial charge in [0.05, 0.1) is 0 Å². The standard InChI is InChI=1S/C14H16N2O3/c1-16-13-11(3-2-8-15-13)19-12(14(16)18)9-4-6-10(17)7-5-9/h2-3,8-9,12H,4-7H2,1H3. The van der Waals surface area contributed by atoms with E-state index < -0.39 is 6.10 Å². The molecule has 0 saturated heterocycles. The number of aromatic nitrogens is 1. The van der Waals surface area contributed by atoms with Crippen molar-refractivity contribution in [3.8, 4) is 5.75 Å². The van der Waals surface area contributed by atoms with Crippen LogP contribution in [0.3, 0.4) is 0 Å². The minimum absolute atomic E-state index is 0.0643. The van der Waals surface area contributed by atoms with Crippen LogP contribution in [0.15, 0.2) is 18.3 Å². The number of carbonyl (C=O) groups excluding carboxylic acids is 2. The van der Waals surface area contributed by atoms with Gasteiger partial charge < -0.3 is 4.74 Å². The number of fused-ring (bicyclic) bond motifs is 1. The highest BCUT2D eigenvalue weighted by molar-refractivity contribution is 5.98. The summed E-state index contributed by atoms with van der Waals surface area (Å²) in [5.74, 6) is 1.56.